The van der Waals surface area contributed by atoms with E-state index in [1.165, 1.54) is 0 Å². The first kappa shape index (κ1) is 7.78. The summed E-state index contributed by atoms with van der Waals surface area (Å²) in [6.45, 7) is 5.02. The summed E-state index contributed by atoms with van der Waals surface area (Å²) < 4.78 is 0. The van der Waals surface area contributed by atoms with Crippen molar-refractivity contribution in [2.45, 2.75) is 6.04 Å². The summed E-state index contributed by atoms with van der Waals surface area (Å²) in [6.07, 6.45) is 5.09. The molecule has 3 fully saturated rings. The smallest absolute Gasteiger partial charge is 0.223 e. The Hall–Kier alpha value is -0.850. The number of terminal acetylenes is 1. The van der Waals surface area contributed by atoms with Crippen molar-refractivity contribution in [1.29, 1.82) is 0 Å². The number of hydrogen-bond acceptors (Lipinski definition) is 3. The second-order valence-electron chi connectivity index (χ2n) is 3.36. The highest BCUT2D eigenvalue weighted by molar-refractivity contribution is 5.99. The van der Waals surface area contributed by atoms with Crippen LogP contribution in [0.3, 0.4) is 0 Å². The van der Waals surface area contributed by atoms with E-state index >= 15 is 0 Å². The molecule has 0 saturated carbocycles. The predicted molar refractivity (Wildman–Crippen MR) is 45.6 cm³/mol. The lowest BCUT2D eigenvalue weighted by Crippen LogP contribution is -2.63. The Bertz CT molecular complexity index is 235. The predicted octanol–water partition coefficient (Wildman–Crippen LogP) is -0.812. The van der Waals surface area contributed by atoms with Gasteiger partial charge >= 0.3 is 0 Å². The minimum Gasteiger partial charge on any atom is -0.299 e. The zero-order valence-electron chi connectivity index (χ0n) is 6.99. The van der Waals surface area contributed by atoms with E-state index in [-0.39, 0.29) is 11.8 Å². The molecule has 3 rings (SSSR count). The Balaban J connectivity index is 2.10. The van der Waals surface area contributed by atoms with E-state index < -0.39 is 0 Å². The quantitative estimate of drug-likeness (QED) is 0.374. The highest BCUT2D eigenvalue weighted by Crippen LogP contribution is 2.15. The summed E-state index contributed by atoms with van der Waals surface area (Å²) in [6, 6.07) is -0.0162. The number of hydrogen-bond donors (Lipinski definition) is 0. The number of nitrogens with zero attached hydrogens (tertiary/aromatic N) is 2. The third kappa shape index (κ3) is 1.13. The van der Waals surface area contributed by atoms with Crippen molar-refractivity contribution in [2.75, 3.05) is 32.7 Å². The molecule has 3 nitrogen and oxygen atoms in total. The van der Waals surface area contributed by atoms with Crippen LogP contribution in [0.1, 0.15) is 0 Å². The number of carbonyl (C=O) groups excluding carboxylic acids is 1. The molecule has 0 N–H and O–H groups in total. The number of rotatable bonds is 1. The van der Waals surface area contributed by atoms with Crippen LogP contribution in [0, 0.1) is 12.3 Å². The molecule has 3 saturated heterocycles. The van der Waals surface area contributed by atoms with Crippen molar-refractivity contribution in [3.05, 3.63) is 0 Å². The fourth-order valence-electron chi connectivity index (χ4n) is 1.96. The zero-order chi connectivity index (χ0) is 8.55. The van der Waals surface area contributed by atoms with Gasteiger partial charge in [-0.25, -0.2) is 0 Å². The van der Waals surface area contributed by atoms with E-state index in [1.54, 1.807) is 0 Å². The van der Waals surface area contributed by atoms with Gasteiger partial charge in [0.15, 0.2) is 0 Å². The molecule has 0 aromatic carbocycles. The molecule has 2 bridgehead atoms. The first-order chi connectivity index (χ1) is 5.81. The molecule has 1 atom stereocenters. The molecule has 12 heavy (non-hydrogen) atoms. The largest absolute Gasteiger partial charge is 0.299 e. The highest BCUT2D eigenvalue weighted by atomic mass is 16.1. The van der Waals surface area contributed by atoms with Gasteiger partial charge in [-0.2, -0.15) is 0 Å². The standard InChI is InChI=1S/C9H12N2O/c1-2-9(12)8-7-10-3-5-11(8)6-4-10/h1,8H,3-7H2. The van der Waals surface area contributed by atoms with Gasteiger partial charge in [-0.15, -0.1) is 6.42 Å². The van der Waals surface area contributed by atoms with Gasteiger partial charge in [0.2, 0.25) is 5.78 Å². The molecule has 0 aromatic heterocycles. The lowest BCUT2D eigenvalue weighted by molar-refractivity contribution is -0.123. The lowest BCUT2D eigenvalue weighted by Gasteiger charge is -2.46. The van der Waals surface area contributed by atoms with Gasteiger partial charge < -0.3 is 0 Å². The van der Waals surface area contributed by atoms with Gasteiger partial charge in [0.05, 0.1) is 6.04 Å². The van der Waals surface area contributed by atoms with Crippen molar-refractivity contribution < 1.29 is 4.79 Å². The van der Waals surface area contributed by atoms with Crippen molar-refractivity contribution in [2.24, 2.45) is 0 Å². The van der Waals surface area contributed by atoms with Crippen LogP contribution < -0.4 is 0 Å². The third-order valence-corrected chi connectivity index (χ3v) is 2.72. The zero-order valence-corrected chi connectivity index (χ0v) is 6.99. The van der Waals surface area contributed by atoms with Gasteiger partial charge in [0.25, 0.3) is 0 Å². The Labute approximate surface area is 72.3 Å². The number of carbonyl (C=O) groups is 1. The minimum atomic E-state index is -0.0561. The van der Waals surface area contributed by atoms with Crippen molar-refractivity contribution in [3.63, 3.8) is 0 Å². The maximum Gasteiger partial charge on any atom is 0.223 e. The van der Waals surface area contributed by atoms with E-state index in [4.69, 9.17) is 6.42 Å². The van der Waals surface area contributed by atoms with Gasteiger partial charge in [-0.3, -0.25) is 14.6 Å². The van der Waals surface area contributed by atoms with Gasteiger partial charge in [0, 0.05) is 32.7 Å². The number of fused-ring (bicyclic) bond motifs is 3. The summed E-state index contributed by atoms with van der Waals surface area (Å²) in [5.41, 5.74) is 0. The van der Waals surface area contributed by atoms with Crippen LogP contribution in [0.25, 0.3) is 0 Å². The van der Waals surface area contributed by atoms with E-state index in [0.29, 0.717) is 0 Å². The van der Waals surface area contributed by atoms with Crippen LogP contribution >= 0.6 is 0 Å². The molecular weight excluding hydrogens is 152 g/mol. The summed E-state index contributed by atoms with van der Waals surface area (Å²) in [4.78, 5) is 15.8. The second kappa shape index (κ2) is 2.89. The van der Waals surface area contributed by atoms with Crippen LogP contribution in [0.5, 0.6) is 0 Å². The fraction of sp³-hybridized carbons (Fsp3) is 0.667. The molecule has 0 aromatic rings. The molecule has 0 spiro atoms. The fourth-order valence-corrected chi connectivity index (χ4v) is 1.96. The topological polar surface area (TPSA) is 23.6 Å². The van der Waals surface area contributed by atoms with Crippen molar-refractivity contribution >= 4 is 5.78 Å². The first-order valence-corrected chi connectivity index (χ1v) is 4.28. The molecule has 1 unspecified atom stereocenters. The Morgan fingerprint density at radius 2 is 2.00 bits per heavy atom. The molecule has 3 heterocycles. The van der Waals surface area contributed by atoms with Crippen molar-refractivity contribution in [1.82, 2.24) is 9.80 Å². The van der Waals surface area contributed by atoms with Crippen molar-refractivity contribution in [3.8, 4) is 12.3 Å². The SMILES string of the molecule is C#CC(=O)C1CN2CCN1CC2. The normalized spacial score (nSPS) is 39.1. The molecule has 0 amide bonds. The molecule has 0 radical (unpaired) electrons. The first-order valence-electron chi connectivity index (χ1n) is 4.28. The summed E-state index contributed by atoms with van der Waals surface area (Å²) >= 11 is 0. The van der Waals surface area contributed by atoms with E-state index in [2.05, 4.69) is 15.7 Å². The lowest BCUT2D eigenvalue weighted by atomic mass is 10.0. The van der Waals surface area contributed by atoms with Crippen LogP contribution in [-0.2, 0) is 4.79 Å². The van der Waals surface area contributed by atoms with E-state index in [9.17, 15) is 4.79 Å². The van der Waals surface area contributed by atoms with Gasteiger partial charge in [-0.05, 0) is 5.92 Å². The summed E-state index contributed by atoms with van der Waals surface area (Å²) in [5, 5.41) is 0. The molecule has 3 heteroatoms. The van der Waals surface area contributed by atoms with Crippen LogP contribution in [-0.4, -0.2) is 54.3 Å². The second-order valence-corrected chi connectivity index (χ2v) is 3.36. The maximum atomic E-state index is 11.3. The average Bonchev–Trinajstić information content (AvgIpc) is 2.18. The minimum absolute atomic E-state index is 0.0162. The average molecular weight is 164 g/mol. The highest BCUT2D eigenvalue weighted by Gasteiger charge is 2.35. The Morgan fingerprint density at radius 1 is 1.33 bits per heavy atom. The number of Topliss-reactive ketones (excluding diaryl/α,β-unsaturated/α-hetero) is 1. The monoisotopic (exact) mass is 164 g/mol. The summed E-state index contributed by atoms with van der Waals surface area (Å²) in [5.74, 6) is 2.16. The Morgan fingerprint density at radius 3 is 2.42 bits per heavy atom. The van der Waals surface area contributed by atoms with Gasteiger partial charge in [0.1, 0.15) is 0 Å². The van der Waals surface area contributed by atoms with Crippen LogP contribution in [0.4, 0.5) is 0 Å². The molecule has 3 aliphatic rings. The van der Waals surface area contributed by atoms with Crippen LogP contribution in [0.2, 0.25) is 0 Å². The maximum absolute atomic E-state index is 11.3. The molecule has 0 aliphatic carbocycles. The third-order valence-electron chi connectivity index (χ3n) is 2.72. The van der Waals surface area contributed by atoms with E-state index in [1.807, 2.05) is 0 Å². The Kier molecular flexibility index (Phi) is 1.87. The number of ketones is 1. The molecular formula is C9H12N2O. The molecule has 3 aliphatic heterocycles. The van der Waals surface area contributed by atoms with Crippen LogP contribution in [0.15, 0.2) is 0 Å². The van der Waals surface area contributed by atoms with E-state index in [0.717, 1.165) is 32.7 Å². The molecule has 64 valence electrons. The number of piperazine rings is 3. The summed E-state index contributed by atoms with van der Waals surface area (Å²) in [7, 11) is 0. The van der Waals surface area contributed by atoms with Gasteiger partial charge in [-0.1, -0.05) is 0 Å².